The van der Waals surface area contributed by atoms with Crippen molar-refractivity contribution in [3.05, 3.63) is 12.2 Å². The fraction of sp³-hybridized carbons (Fsp3) is 0.810. The lowest BCUT2D eigenvalue weighted by molar-refractivity contribution is -0.232. The monoisotopic (exact) mass is 344 g/mol. The topological polar surface area (TPSA) is 52.6 Å². The normalized spacial score (nSPS) is 56.4. The molecule has 4 saturated carbocycles. The highest BCUT2D eigenvalue weighted by atomic mass is 16.6. The molecule has 1 saturated heterocycles. The van der Waals surface area contributed by atoms with Crippen LogP contribution in [-0.2, 0) is 19.1 Å². The van der Waals surface area contributed by atoms with Gasteiger partial charge in [0.25, 0.3) is 0 Å². The molecule has 4 nitrogen and oxygen atoms in total. The molecule has 25 heavy (non-hydrogen) atoms. The van der Waals surface area contributed by atoms with Gasteiger partial charge in [-0.25, -0.2) is 0 Å². The number of rotatable bonds is 1. The molecule has 5 rings (SSSR count). The first-order valence-corrected chi connectivity index (χ1v) is 9.74. The maximum Gasteiger partial charge on any atom is 0.312 e. The first-order chi connectivity index (χ1) is 11.7. The van der Waals surface area contributed by atoms with Crippen molar-refractivity contribution >= 4 is 11.8 Å². The van der Waals surface area contributed by atoms with Crippen LogP contribution in [0.1, 0.15) is 65.2 Å². The minimum atomic E-state index is -0.499. The number of methoxy groups -OCH3 is 1. The molecular weight excluding hydrogens is 316 g/mol. The van der Waals surface area contributed by atoms with Crippen LogP contribution in [0.25, 0.3) is 0 Å². The summed E-state index contributed by atoms with van der Waals surface area (Å²) in [6.07, 6.45) is 6.95. The number of fused-ring (bicyclic) bond motifs is 1. The van der Waals surface area contributed by atoms with Crippen molar-refractivity contribution in [2.45, 2.75) is 76.4 Å². The van der Waals surface area contributed by atoms with E-state index in [0.29, 0.717) is 12.0 Å². The van der Waals surface area contributed by atoms with Crippen LogP contribution >= 0.6 is 0 Å². The van der Waals surface area contributed by atoms with Gasteiger partial charge in [0.05, 0.1) is 11.0 Å². The Balaban J connectivity index is 1.71. The van der Waals surface area contributed by atoms with Crippen LogP contribution < -0.4 is 0 Å². The lowest BCUT2D eigenvalue weighted by Gasteiger charge is -2.64. The van der Waals surface area contributed by atoms with E-state index in [4.69, 9.17) is 9.47 Å². The fourth-order valence-corrected chi connectivity index (χ4v) is 7.88. The molecule has 6 atom stereocenters. The van der Waals surface area contributed by atoms with E-state index in [1.165, 1.54) is 0 Å². The first-order valence-electron chi connectivity index (χ1n) is 9.74. The Labute approximate surface area is 149 Å². The van der Waals surface area contributed by atoms with E-state index in [-0.39, 0.29) is 28.5 Å². The van der Waals surface area contributed by atoms with Crippen molar-refractivity contribution in [2.75, 3.05) is 7.11 Å². The third-order valence-electron chi connectivity index (χ3n) is 9.43. The Morgan fingerprint density at radius 3 is 2.60 bits per heavy atom. The SMILES string of the molecule is C=C1C(=O)[C@]23CC[C@H]4[C@]5(C)CCC[C@]4(OC5=O)[C@]2(C)CC[C@@]1(OC)C3. The van der Waals surface area contributed by atoms with E-state index in [1.54, 1.807) is 7.11 Å². The third kappa shape index (κ3) is 1.35. The molecule has 0 aromatic rings. The number of esters is 1. The van der Waals surface area contributed by atoms with E-state index >= 15 is 0 Å². The van der Waals surface area contributed by atoms with Gasteiger partial charge < -0.3 is 9.47 Å². The van der Waals surface area contributed by atoms with Crippen LogP contribution in [0, 0.1) is 22.2 Å². The number of hydrogen-bond acceptors (Lipinski definition) is 4. The molecule has 5 fully saturated rings. The van der Waals surface area contributed by atoms with Crippen molar-refractivity contribution in [1.82, 2.24) is 0 Å². The highest BCUT2D eigenvalue weighted by molar-refractivity contribution is 6.05. The van der Waals surface area contributed by atoms with Gasteiger partial charge in [-0.15, -0.1) is 0 Å². The van der Waals surface area contributed by atoms with E-state index in [0.717, 1.165) is 44.9 Å². The van der Waals surface area contributed by atoms with Crippen LogP contribution in [0.3, 0.4) is 0 Å². The molecule has 5 aliphatic rings. The molecular formula is C21H28O4. The summed E-state index contributed by atoms with van der Waals surface area (Å²) in [4.78, 5) is 26.4. The maximum atomic E-state index is 13.5. The number of carbonyl (C=O) groups excluding carboxylic acids is 2. The van der Waals surface area contributed by atoms with Gasteiger partial charge in [0.15, 0.2) is 5.78 Å². The molecule has 136 valence electrons. The van der Waals surface area contributed by atoms with Gasteiger partial charge in [0.2, 0.25) is 0 Å². The molecule has 0 aromatic heterocycles. The first kappa shape index (κ1) is 16.0. The van der Waals surface area contributed by atoms with Gasteiger partial charge in [-0.1, -0.05) is 13.5 Å². The predicted octanol–water partition coefficient (Wildman–Crippen LogP) is 3.58. The lowest BCUT2D eigenvalue weighted by Crippen LogP contribution is -2.67. The number of ketones is 1. The molecule has 0 aromatic carbocycles. The van der Waals surface area contributed by atoms with Crippen molar-refractivity contribution in [1.29, 1.82) is 0 Å². The smallest absolute Gasteiger partial charge is 0.312 e. The van der Waals surface area contributed by atoms with Crippen LogP contribution in [0.15, 0.2) is 12.2 Å². The van der Waals surface area contributed by atoms with Gasteiger partial charge in [0, 0.05) is 29.4 Å². The summed E-state index contributed by atoms with van der Waals surface area (Å²) in [7, 11) is 1.71. The Bertz CT molecular complexity index is 727. The number of ether oxygens (including phenoxy) is 2. The molecule has 1 spiro atoms. The summed E-state index contributed by atoms with van der Waals surface area (Å²) in [6.45, 7) is 8.48. The zero-order valence-electron chi connectivity index (χ0n) is 15.6. The quantitative estimate of drug-likeness (QED) is 0.539. The van der Waals surface area contributed by atoms with E-state index in [1.807, 2.05) is 0 Å². The highest BCUT2D eigenvalue weighted by Gasteiger charge is 2.81. The summed E-state index contributed by atoms with van der Waals surface area (Å²) >= 11 is 0. The zero-order valence-corrected chi connectivity index (χ0v) is 15.6. The van der Waals surface area contributed by atoms with Crippen molar-refractivity contribution in [2.24, 2.45) is 22.2 Å². The van der Waals surface area contributed by atoms with Gasteiger partial charge >= 0.3 is 5.97 Å². The molecule has 1 aliphatic heterocycles. The minimum absolute atomic E-state index is 0.0267. The summed E-state index contributed by atoms with van der Waals surface area (Å²) in [5.74, 6) is 0.395. The van der Waals surface area contributed by atoms with Gasteiger partial charge in [-0.3, -0.25) is 9.59 Å². The molecule has 0 radical (unpaired) electrons. The second-order valence-corrected chi connectivity index (χ2v) is 9.74. The molecule has 4 aliphatic carbocycles. The number of Topliss-reactive ketones (excluding diaryl/α,β-unsaturated/α-hetero) is 1. The molecule has 0 N–H and O–H groups in total. The standard InChI is InChI=1S/C21H28O4/c1-13-15(22)19-9-6-14-17(2)7-5-8-21(14,25-16(17)23)18(19,3)10-11-20(13,12-19)24-4/h14H,1,5-12H2,2-4H3/t14-,17-,18+,19+,20+,21+/m0/s1. The van der Waals surface area contributed by atoms with Crippen LogP contribution in [-0.4, -0.2) is 30.1 Å². The summed E-state index contributed by atoms with van der Waals surface area (Å²) < 4.78 is 12.2. The zero-order chi connectivity index (χ0) is 17.9. The summed E-state index contributed by atoms with van der Waals surface area (Å²) in [6, 6.07) is 0. The maximum absolute atomic E-state index is 13.5. The van der Waals surface area contributed by atoms with Gasteiger partial charge in [-0.05, 0) is 58.3 Å². The average Bonchev–Trinajstić information content (AvgIpc) is 2.85. The molecule has 4 bridgehead atoms. The van der Waals surface area contributed by atoms with Crippen LogP contribution in [0.4, 0.5) is 0 Å². The van der Waals surface area contributed by atoms with Gasteiger partial charge in [0.1, 0.15) is 5.60 Å². The third-order valence-corrected chi connectivity index (χ3v) is 9.43. The molecule has 4 heteroatoms. The lowest BCUT2D eigenvalue weighted by atomic mass is 9.39. The van der Waals surface area contributed by atoms with Crippen LogP contribution in [0.2, 0.25) is 0 Å². The Morgan fingerprint density at radius 1 is 1.12 bits per heavy atom. The predicted molar refractivity (Wildman–Crippen MR) is 91.8 cm³/mol. The molecule has 1 heterocycles. The van der Waals surface area contributed by atoms with E-state index in [9.17, 15) is 9.59 Å². The highest BCUT2D eigenvalue weighted by Crippen LogP contribution is 2.77. The minimum Gasteiger partial charge on any atom is -0.458 e. The summed E-state index contributed by atoms with van der Waals surface area (Å²) in [5, 5.41) is 0. The van der Waals surface area contributed by atoms with Gasteiger partial charge in [-0.2, -0.15) is 0 Å². The second kappa shape index (κ2) is 4.21. The largest absolute Gasteiger partial charge is 0.458 e. The number of hydrogen-bond donors (Lipinski definition) is 0. The Morgan fingerprint density at radius 2 is 1.88 bits per heavy atom. The Hall–Kier alpha value is -1.16. The molecule has 0 amide bonds. The van der Waals surface area contributed by atoms with Crippen molar-refractivity contribution < 1.29 is 19.1 Å². The van der Waals surface area contributed by atoms with E-state index < -0.39 is 16.6 Å². The second-order valence-electron chi connectivity index (χ2n) is 9.74. The van der Waals surface area contributed by atoms with Crippen molar-refractivity contribution in [3.63, 3.8) is 0 Å². The average molecular weight is 344 g/mol. The van der Waals surface area contributed by atoms with Crippen LogP contribution in [0.5, 0.6) is 0 Å². The van der Waals surface area contributed by atoms with Crippen molar-refractivity contribution in [3.8, 4) is 0 Å². The van der Waals surface area contributed by atoms with E-state index in [2.05, 4.69) is 20.4 Å². The molecule has 0 unspecified atom stereocenters. The number of carbonyl (C=O) groups is 2. The fourth-order valence-electron chi connectivity index (χ4n) is 7.88. The summed E-state index contributed by atoms with van der Waals surface area (Å²) in [5.41, 5.74) is -1.47. The Kier molecular flexibility index (Phi) is 2.71.